The zero-order valence-corrected chi connectivity index (χ0v) is 19.8. The van der Waals surface area contributed by atoms with Crippen LogP contribution in [0.1, 0.15) is 74.1 Å². The van der Waals surface area contributed by atoms with Crippen LogP contribution in [0.3, 0.4) is 0 Å². The fourth-order valence-electron chi connectivity index (χ4n) is 4.17. The molecule has 2 saturated heterocycles. The molecule has 3 N–H and O–H groups in total. The normalized spacial score (nSPS) is 24.4. The number of hydrogen-bond acceptors (Lipinski definition) is 4. The molecule has 0 aromatic carbocycles. The van der Waals surface area contributed by atoms with E-state index in [1.54, 1.807) is 0 Å². The SMILES string of the molecule is CCNC(=O)C(C)(C)CN=C(NCC)NC1CC2CCC(C1)N2C(=O)OC(C)(C)C. The molecule has 172 valence electrons. The van der Waals surface area contributed by atoms with Gasteiger partial charge in [-0.1, -0.05) is 0 Å². The fraction of sp³-hybridized carbons (Fsp3) is 0.864. The van der Waals surface area contributed by atoms with Gasteiger partial charge in [0.15, 0.2) is 5.96 Å². The quantitative estimate of drug-likeness (QED) is 0.451. The Kier molecular flexibility index (Phi) is 7.99. The molecule has 0 radical (unpaired) electrons. The molecular formula is C22H41N5O3. The average molecular weight is 424 g/mol. The smallest absolute Gasteiger partial charge is 0.410 e. The van der Waals surface area contributed by atoms with Gasteiger partial charge < -0.3 is 25.6 Å². The molecule has 0 aromatic rings. The molecule has 0 aliphatic carbocycles. The summed E-state index contributed by atoms with van der Waals surface area (Å²) in [5.41, 5.74) is -1.05. The van der Waals surface area contributed by atoms with Crippen LogP contribution < -0.4 is 16.0 Å². The Labute approximate surface area is 181 Å². The highest BCUT2D eigenvalue weighted by Gasteiger charge is 2.45. The number of carbonyl (C=O) groups is 2. The Balaban J connectivity index is 1.99. The van der Waals surface area contributed by atoms with Gasteiger partial charge in [-0.05, 0) is 74.1 Å². The summed E-state index contributed by atoms with van der Waals surface area (Å²) in [5.74, 6) is 0.735. The van der Waals surface area contributed by atoms with E-state index in [0.29, 0.717) is 13.1 Å². The molecule has 2 fully saturated rings. The molecule has 0 saturated carbocycles. The number of piperidine rings is 1. The predicted octanol–water partition coefficient (Wildman–Crippen LogP) is 2.63. The topological polar surface area (TPSA) is 95.1 Å². The first-order chi connectivity index (χ1) is 14.0. The van der Waals surface area contributed by atoms with Gasteiger partial charge in [-0.15, -0.1) is 0 Å². The first kappa shape index (κ1) is 24.3. The zero-order chi connectivity index (χ0) is 22.5. The minimum atomic E-state index is -0.572. The van der Waals surface area contributed by atoms with E-state index < -0.39 is 11.0 Å². The molecule has 0 spiro atoms. The molecule has 2 amide bonds. The summed E-state index contributed by atoms with van der Waals surface area (Å²) in [4.78, 5) is 31.5. The van der Waals surface area contributed by atoms with Crippen molar-refractivity contribution in [3.05, 3.63) is 0 Å². The van der Waals surface area contributed by atoms with Crippen LogP contribution in [-0.4, -0.2) is 66.2 Å². The van der Waals surface area contributed by atoms with E-state index in [-0.39, 0.29) is 30.1 Å². The molecule has 8 nitrogen and oxygen atoms in total. The summed E-state index contributed by atoms with van der Waals surface area (Å²) in [6.45, 7) is 15.2. The van der Waals surface area contributed by atoms with Crippen molar-refractivity contribution >= 4 is 18.0 Å². The van der Waals surface area contributed by atoms with Crippen molar-refractivity contribution in [1.29, 1.82) is 0 Å². The van der Waals surface area contributed by atoms with Gasteiger partial charge in [0.25, 0.3) is 0 Å². The molecule has 2 unspecified atom stereocenters. The highest BCUT2D eigenvalue weighted by molar-refractivity contribution is 5.84. The lowest BCUT2D eigenvalue weighted by molar-refractivity contribution is -0.128. The van der Waals surface area contributed by atoms with Crippen LogP contribution in [0.15, 0.2) is 4.99 Å². The van der Waals surface area contributed by atoms with Crippen molar-refractivity contribution in [3.63, 3.8) is 0 Å². The first-order valence-corrected chi connectivity index (χ1v) is 11.3. The van der Waals surface area contributed by atoms with Crippen molar-refractivity contribution < 1.29 is 14.3 Å². The van der Waals surface area contributed by atoms with Crippen molar-refractivity contribution in [2.75, 3.05) is 19.6 Å². The van der Waals surface area contributed by atoms with E-state index in [9.17, 15) is 9.59 Å². The molecule has 2 rings (SSSR count). The molecule has 0 aromatic heterocycles. The maximum atomic E-state index is 12.6. The van der Waals surface area contributed by atoms with Gasteiger partial charge in [0.1, 0.15) is 5.60 Å². The van der Waals surface area contributed by atoms with Crippen molar-refractivity contribution in [2.24, 2.45) is 10.4 Å². The number of rotatable bonds is 6. The van der Waals surface area contributed by atoms with Crippen LogP contribution in [0.25, 0.3) is 0 Å². The van der Waals surface area contributed by atoms with E-state index in [4.69, 9.17) is 4.74 Å². The lowest BCUT2D eigenvalue weighted by atomic mass is 9.92. The van der Waals surface area contributed by atoms with Gasteiger partial charge in [0, 0.05) is 31.2 Å². The number of hydrogen-bond donors (Lipinski definition) is 3. The Morgan fingerprint density at radius 3 is 2.07 bits per heavy atom. The first-order valence-electron chi connectivity index (χ1n) is 11.3. The monoisotopic (exact) mass is 423 g/mol. The molecule has 2 atom stereocenters. The van der Waals surface area contributed by atoms with Gasteiger partial charge >= 0.3 is 6.09 Å². The molecule has 2 aliphatic rings. The maximum Gasteiger partial charge on any atom is 0.410 e. The minimum absolute atomic E-state index is 0.00770. The third kappa shape index (κ3) is 6.51. The Hall–Kier alpha value is -1.99. The summed E-state index contributed by atoms with van der Waals surface area (Å²) in [6, 6.07) is 0.642. The number of nitrogens with one attached hydrogen (secondary N) is 3. The molecule has 2 heterocycles. The van der Waals surface area contributed by atoms with Gasteiger partial charge in [-0.3, -0.25) is 9.79 Å². The summed E-state index contributed by atoms with van der Waals surface area (Å²) < 4.78 is 5.62. The van der Waals surface area contributed by atoms with Crippen LogP contribution in [0, 0.1) is 5.41 Å². The van der Waals surface area contributed by atoms with E-state index >= 15 is 0 Å². The Morgan fingerprint density at radius 1 is 1.00 bits per heavy atom. The highest BCUT2D eigenvalue weighted by Crippen LogP contribution is 2.36. The summed E-state index contributed by atoms with van der Waals surface area (Å²) in [6.07, 6.45) is 3.58. The molecular weight excluding hydrogens is 382 g/mol. The number of aliphatic imine (C=N–C) groups is 1. The predicted molar refractivity (Wildman–Crippen MR) is 119 cm³/mol. The average Bonchev–Trinajstić information content (AvgIpc) is 2.90. The lowest BCUT2D eigenvalue weighted by Gasteiger charge is -2.40. The van der Waals surface area contributed by atoms with Crippen molar-refractivity contribution in [3.8, 4) is 0 Å². The van der Waals surface area contributed by atoms with Gasteiger partial charge in [0.05, 0.1) is 12.0 Å². The summed E-state index contributed by atoms with van der Waals surface area (Å²) >= 11 is 0. The van der Waals surface area contributed by atoms with Crippen LogP contribution in [-0.2, 0) is 9.53 Å². The Bertz CT molecular complexity index is 627. The molecule has 8 heteroatoms. The molecule has 2 bridgehead atoms. The lowest BCUT2D eigenvalue weighted by Crippen LogP contribution is -2.55. The van der Waals surface area contributed by atoms with E-state index in [0.717, 1.165) is 38.2 Å². The molecule has 30 heavy (non-hydrogen) atoms. The Morgan fingerprint density at radius 2 is 1.57 bits per heavy atom. The largest absolute Gasteiger partial charge is 0.444 e. The number of guanidine groups is 1. The van der Waals surface area contributed by atoms with E-state index in [1.807, 2.05) is 53.4 Å². The molecule has 2 aliphatic heterocycles. The number of ether oxygens (including phenoxy) is 1. The standard InChI is InChI=1S/C22H41N5O3/c1-8-23-18(28)22(6,7)14-25-19(24-9-2)26-15-12-16-10-11-17(13-15)27(16)20(29)30-21(3,4)5/h15-17H,8-14H2,1-7H3,(H,23,28)(H2,24,25,26). The third-order valence-electron chi connectivity index (χ3n) is 5.61. The van der Waals surface area contributed by atoms with Crippen LogP contribution >= 0.6 is 0 Å². The summed E-state index contributed by atoms with van der Waals surface area (Å²) in [5, 5.41) is 9.70. The number of carbonyl (C=O) groups excluding carboxylic acids is 2. The van der Waals surface area contributed by atoms with Crippen LogP contribution in [0.5, 0.6) is 0 Å². The minimum Gasteiger partial charge on any atom is -0.444 e. The van der Waals surface area contributed by atoms with Gasteiger partial charge in [-0.25, -0.2) is 4.79 Å². The summed E-state index contributed by atoms with van der Waals surface area (Å²) in [7, 11) is 0. The second kappa shape index (κ2) is 9.88. The van der Waals surface area contributed by atoms with Gasteiger partial charge in [0.2, 0.25) is 5.91 Å². The number of fused-ring (bicyclic) bond motifs is 2. The maximum absolute atomic E-state index is 12.6. The highest BCUT2D eigenvalue weighted by atomic mass is 16.6. The van der Waals surface area contributed by atoms with Crippen LogP contribution in [0.4, 0.5) is 4.79 Å². The van der Waals surface area contributed by atoms with Crippen molar-refractivity contribution in [1.82, 2.24) is 20.9 Å². The number of nitrogens with zero attached hydrogens (tertiary/aromatic N) is 2. The second-order valence-electron chi connectivity index (χ2n) is 10.0. The van der Waals surface area contributed by atoms with E-state index in [2.05, 4.69) is 20.9 Å². The van der Waals surface area contributed by atoms with E-state index in [1.165, 1.54) is 0 Å². The fourth-order valence-corrected chi connectivity index (χ4v) is 4.17. The third-order valence-corrected chi connectivity index (χ3v) is 5.61. The number of amides is 2. The van der Waals surface area contributed by atoms with Gasteiger partial charge in [-0.2, -0.15) is 0 Å². The van der Waals surface area contributed by atoms with Crippen LogP contribution in [0.2, 0.25) is 0 Å². The zero-order valence-electron chi connectivity index (χ0n) is 19.8. The van der Waals surface area contributed by atoms with Crippen molar-refractivity contribution in [2.45, 2.75) is 97.9 Å². The second-order valence-corrected chi connectivity index (χ2v) is 10.0.